The summed E-state index contributed by atoms with van der Waals surface area (Å²) in [7, 11) is 1.23. The van der Waals surface area contributed by atoms with E-state index in [1.54, 1.807) is 30.3 Å². The van der Waals surface area contributed by atoms with Gasteiger partial charge in [0.25, 0.3) is 0 Å². The molecule has 1 atom stereocenters. The van der Waals surface area contributed by atoms with Gasteiger partial charge in [-0.15, -0.1) is 0 Å². The number of rotatable bonds is 4. The van der Waals surface area contributed by atoms with Crippen LogP contribution in [0.4, 0.5) is 0 Å². The Morgan fingerprint density at radius 1 is 1.12 bits per heavy atom. The average molecular weight is 388 g/mol. The van der Waals surface area contributed by atoms with Crippen molar-refractivity contribution in [3.8, 4) is 0 Å². The van der Waals surface area contributed by atoms with Gasteiger partial charge in [-0.25, -0.2) is 4.79 Å². The Labute approximate surface area is 147 Å². The van der Waals surface area contributed by atoms with E-state index < -0.39 is 17.4 Å². The lowest BCUT2D eigenvalue weighted by atomic mass is 9.87. The molecular formula is C18H14BrNO4. The van der Waals surface area contributed by atoms with Crippen LogP contribution >= 0.6 is 15.9 Å². The average Bonchev–Trinajstić information content (AvgIpc) is 3.08. The predicted molar refractivity (Wildman–Crippen MR) is 91.9 cm³/mol. The van der Waals surface area contributed by atoms with Gasteiger partial charge in [-0.1, -0.05) is 63.6 Å². The maximum atomic E-state index is 12.9. The molecule has 2 aromatic carbocycles. The van der Waals surface area contributed by atoms with Gasteiger partial charge in [0.1, 0.15) is 0 Å². The molecule has 6 heteroatoms. The third kappa shape index (κ3) is 2.85. The maximum Gasteiger partial charge on any atom is 0.361 e. The van der Waals surface area contributed by atoms with Crippen molar-refractivity contribution in [2.75, 3.05) is 7.11 Å². The highest BCUT2D eigenvalue weighted by Crippen LogP contribution is 2.32. The Bertz CT molecular complexity index is 802. The number of halogens is 1. The topological polar surface area (TPSA) is 65.0 Å². The van der Waals surface area contributed by atoms with Crippen LogP contribution in [0.3, 0.4) is 0 Å². The Kier molecular flexibility index (Phi) is 4.49. The fourth-order valence-corrected chi connectivity index (χ4v) is 2.81. The molecule has 0 radical (unpaired) electrons. The van der Waals surface area contributed by atoms with Crippen LogP contribution in [0.2, 0.25) is 0 Å². The first kappa shape index (κ1) is 16.4. The fourth-order valence-electron chi connectivity index (χ4n) is 2.54. The van der Waals surface area contributed by atoms with E-state index in [-0.39, 0.29) is 6.42 Å². The number of hydrogen-bond acceptors (Lipinski definition) is 5. The molecule has 0 saturated heterocycles. The standard InChI is InChI=1S/C18H14BrNO4/c1-23-17(22)18(16(21)13-5-3-2-4-6-13)11-15(20-24-18)12-7-9-14(19)10-8-12/h2-10H,11H2,1H3. The summed E-state index contributed by atoms with van der Waals surface area (Å²) in [5.41, 5.74) is -0.101. The van der Waals surface area contributed by atoms with Gasteiger partial charge in [0.15, 0.2) is 0 Å². The van der Waals surface area contributed by atoms with Crippen molar-refractivity contribution in [2.24, 2.45) is 5.16 Å². The van der Waals surface area contributed by atoms with Crippen LogP contribution < -0.4 is 0 Å². The summed E-state index contributed by atoms with van der Waals surface area (Å²) in [6.45, 7) is 0. The van der Waals surface area contributed by atoms with Crippen molar-refractivity contribution in [3.63, 3.8) is 0 Å². The number of benzene rings is 2. The zero-order valence-electron chi connectivity index (χ0n) is 12.9. The molecule has 1 aliphatic heterocycles. The summed E-state index contributed by atoms with van der Waals surface area (Å²) in [5, 5.41) is 3.98. The van der Waals surface area contributed by atoms with Crippen LogP contribution in [0, 0.1) is 0 Å². The van der Waals surface area contributed by atoms with Crippen LogP contribution in [-0.2, 0) is 14.4 Å². The Morgan fingerprint density at radius 2 is 1.79 bits per heavy atom. The highest BCUT2D eigenvalue weighted by Gasteiger charge is 2.54. The third-order valence-electron chi connectivity index (χ3n) is 3.82. The summed E-state index contributed by atoms with van der Waals surface area (Å²) in [6, 6.07) is 15.9. The number of hydrogen-bond donors (Lipinski definition) is 0. The molecule has 24 heavy (non-hydrogen) atoms. The lowest BCUT2D eigenvalue weighted by molar-refractivity contribution is -0.160. The van der Waals surface area contributed by atoms with Gasteiger partial charge >= 0.3 is 11.6 Å². The predicted octanol–water partition coefficient (Wildman–Crippen LogP) is 3.37. The molecule has 0 spiro atoms. The summed E-state index contributed by atoms with van der Waals surface area (Å²) in [4.78, 5) is 30.6. The molecule has 0 fully saturated rings. The Hall–Kier alpha value is -2.47. The highest BCUT2D eigenvalue weighted by atomic mass is 79.9. The molecule has 0 N–H and O–H groups in total. The SMILES string of the molecule is COC(=O)C1(C(=O)c2ccccc2)CC(c2ccc(Br)cc2)=NO1. The van der Waals surface area contributed by atoms with E-state index >= 15 is 0 Å². The minimum absolute atomic E-state index is 0.0229. The normalized spacial score (nSPS) is 19.3. The molecule has 5 nitrogen and oxygen atoms in total. The molecule has 0 aliphatic carbocycles. The molecule has 0 amide bonds. The zero-order valence-corrected chi connectivity index (χ0v) is 14.4. The minimum Gasteiger partial charge on any atom is -0.466 e. The van der Waals surface area contributed by atoms with E-state index in [9.17, 15) is 9.59 Å². The van der Waals surface area contributed by atoms with E-state index in [2.05, 4.69) is 21.1 Å². The van der Waals surface area contributed by atoms with Gasteiger partial charge in [0, 0.05) is 10.0 Å². The molecule has 0 aromatic heterocycles. The lowest BCUT2D eigenvalue weighted by Crippen LogP contribution is -2.47. The first-order valence-corrected chi connectivity index (χ1v) is 8.05. The second-order valence-corrected chi connectivity index (χ2v) is 6.24. The van der Waals surface area contributed by atoms with Crippen LogP contribution in [0.15, 0.2) is 64.2 Å². The molecule has 0 bridgehead atoms. The van der Waals surface area contributed by atoms with Crippen molar-refractivity contribution >= 4 is 33.4 Å². The zero-order chi connectivity index (χ0) is 17.2. The number of carbonyl (C=O) groups excluding carboxylic acids is 2. The molecule has 122 valence electrons. The molecule has 3 rings (SSSR count). The largest absolute Gasteiger partial charge is 0.466 e. The first-order chi connectivity index (χ1) is 11.6. The molecule has 1 unspecified atom stereocenters. The van der Waals surface area contributed by atoms with Crippen LogP contribution in [0.1, 0.15) is 22.3 Å². The third-order valence-corrected chi connectivity index (χ3v) is 4.35. The number of ketones is 1. The Morgan fingerprint density at radius 3 is 2.42 bits per heavy atom. The lowest BCUT2D eigenvalue weighted by Gasteiger charge is -2.22. The summed E-state index contributed by atoms with van der Waals surface area (Å²) in [5.74, 6) is -1.22. The van der Waals surface area contributed by atoms with Crippen molar-refractivity contribution in [1.82, 2.24) is 0 Å². The molecule has 1 heterocycles. The van der Waals surface area contributed by atoms with Gasteiger partial charge < -0.3 is 9.57 Å². The molecule has 0 saturated carbocycles. The van der Waals surface area contributed by atoms with Gasteiger partial charge in [-0.05, 0) is 17.7 Å². The van der Waals surface area contributed by atoms with E-state index in [0.717, 1.165) is 10.0 Å². The smallest absolute Gasteiger partial charge is 0.361 e. The van der Waals surface area contributed by atoms with E-state index in [1.807, 2.05) is 24.3 Å². The second kappa shape index (κ2) is 6.57. The van der Waals surface area contributed by atoms with Gasteiger partial charge in [-0.3, -0.25) is 4.79 Å². The molecule has 2 aromatic rings. The number of nitrogens with zero attached hydrogens (tertiary/aromatic N) is 1. The number of Topliss-reactive ketones (excluding diaryl/α,β-unsaturated/α-hetero) is 1. The van der Waals surface area contributed by atoms with Crippen LogP contribution in [0.5, 0.6) is 0 Å². The number of ether oxygens (including phenoxy) is 1. The summed E-state index contributed by atoms with van der Waals surface area (Å²) in [6.07, 6.45) is 0.0229. The van der Waals surface area contributed by atoms with Crippen molar-refractivity contribution in [1.29, 1.82) is 0 Å². The van der Waals surface area contributed by atoms with Gasteiger partial charge in [0.05, 0.1) is 19.2 Å². The Balaban J connectivity index is 1.94. The summed E-state index contributed by atoms with van der Waals surface area (Å²) < 4.78 is 5.74. The number of esters is 1. The quantitative estimate of drug-likeness (QED) is 0.458. The van der Waals surface area contributed by atoms with E-state index in [1.165, 1.54) is 7.11 Å². The van der Waals surface area contributed by atoms with Gasteiger partial charge in [0.2, 0.25) is 5.78 Å². The monoisotopic (exact) mass is 387 g/mol. The number of methoxy groups -OCH3 is 1. The number of carbonyl (C=O) groups is 2. The molecule has 1 aliphatic rings. The van der Waals surface area contributed by atoms with E-state index in [4.69, 9.17) is 9.57 Å². The highest BCUT2D eigenvalue weighted by molar-refractivity contribution is 9.10. The maximum absolute atomic E-state index is 12.9. The summed E-state index contributed by atoms with van der Waals surface area (Å²) >= 11 is 3.37. The van der Waals surface area contributed by atoms with E-state index in [0.29, 0.717) is 11.3 Å². The minimum atomic E-state index is -1.78. The van der Waals surface area contributed by atoms with Crippen molar-refractivity contribution < 1.29 is 19.2 Å². The first-order valence-electron chi connectivity index (χ1n) is 7.26. The van der Waals surface area contributed by atoms with Crippen LogP contribution in [0.25, 0.3) is 0 Å². The number of oxime groups is 1. The second-order valence-electron chi connectivity index (χ2n) is 5.33. The fraction of sp³-hybridized carbons (Fsp3) is 0.167. The van der Waals surface area contributed by atoms with Crippen molar-refractivity contribution in [2.45, 2.75) is 12.0 Å². The van der Waals surface area contributed by atoms with Crippen LogP contribution in [-0.4, -0.2) is 30.2 Å². The van der Waals surface area contributed by atoms with Crippen molar-refractivity contribution in [3.05, 3.63) is 70.2 Å². The molecular weight excluding hydrogens is 374 g/mol. The van der Waals surface area contributed by atoms with Gasteiger partial charge in [-0.2, -0.15) is 0 Å².